The van der Waals surface area contributed by atoms with Crippen LogP contribution in [0, 0.1) is 0 Å². The monoisotopic (exact) mass is 372 g/mol. The summed E-state index contributed by atoms with van der Waals surface area (Å²) in [4.78, 5) is 12.6. The second kappa shape index (κ2) is 8.10. The fourth-order valence-electron chi connectivity index (χ4n) is 2.93. The summed E-state index contributed by atoms with van der Waals surface area (Å²) >= 11 is 1.68. The third-order valence-electron chi connectivity index (χ3n) is 4.19. The van der Waals surface area contributed by atoms with Gasteiger partial charge in [0.1, 0.15) is 5.82 Å². The zero-order chi connectivity index (χ0) is 18.5. The highest BCUT2D eigenvalue weighted by Gasteiger charge is 2.15. The number of imidazole rings is 1. The molecule has 0 saturated carbocycles. The normalized spacial score (nSPS) is 10.7. The second-order valence-electron chi connectivity index (χ2n) is 6.03. The molecule has 2 N–H and O–H groups in total. The summed E-state index contributed by atoms with van der Waals surface area (Å²) in [6.07, 6.45) is 3.61. The molecule has 0 aliphatic heterocycles. The van der Waals surface area contributed by atoms with Gasteiger partial charge in [-0.15, -0.1) is 0 Å². The first-order valence-electron chi connectivity index (χ1n) is 8.89. The topological polar surface area (TPSA) is 53.6 Å². The molecular formula is C22H20N4S. The first-order valence-corrected chi connectivity index (χ1v) is 9.88. The standard InChI is InChI=1S/C22H20N4S/c1-2-27-26-19-10-6-9-18(15-19)21-20(16-11-13-23-14-12-16)24-22(25-21)17-7-4-3-5-8-17/h3-15,26H,2H2,1H3,(H,24,25). The second-order valence-corrected chi connectivity index (χ2v) is 7.10. The zero-order valence-corrected chi connectivity index (χ0v) is 15.8. The smallest absolute Gasteiger partial charge is 0.138 e. The van der Waals surface area contributed by atoms with E-state index in [2.05, 4.69) is 58.0 Å². The average Bonchev–Trinajstić information content (AvgIpc) is 3.19. The Morgan fingerprint density at radius 1 is 0.889 bits per heavy atom. The fourth-order valence-corrected chi connectivity index (χ4v) is 3.37. The van der Waals surface area contributed by atoms with E-state index in [1.165, 1.54) is 0 Å². The van der Waals surface area contributed by atoms with Crippen molar-refractivity contribution < 1.29 is 0 Å². The lowest BCUT2D eigenvalue weighted by atomic mass is 10.1. The molecule has 0 spiro atoms. The molecule has 0 amide bonds. The Morgan fingerprint density at radius 2 is 1.67 bits per heavy atom. The van der Waals surface area contributed by atoms with E-state index < -0.39 is 0 Å². The van der Waals surface area contributed by atoms with Gasteiger partial charge in [0.25, 0.3) is 0 Å². The van der Waals surface area contributed by atoms with Crippen molar-refractivity contribution in [2.75, 3.05) is 10.5 Å². The van der Waals surface area contributed by atoms with Gasteiger partial charge in [0.15, 0.2) is 0 Å². The molecule has 0 aliphatic rings. The molecule has 0 radical (unpaired) electrons. The number of aromatic amines is 1. The number of anilines is 1. The summed E-state index contributed by atoms with van der Waals surface area (Å²) in [6, 6.07) is 22.6. The lowest BCUT2D eigenvalue weighted by molar-refractivity contribution is 1.30. The van der Waals surface area contributed by atoms with Crippen molar-refractivity contribution in [2.24, 2.45) is 0 Å². The number of H-pyrrole nitrogens is 1. The maximum Gasteiger partial charge on any atom is 0.138 e. The van der Waals surface area contributed by atoms with E-state index in [0.29, 0.717) is 0 Å². The number of benzene rings is 2. The van der Waals surface area contributed by atoms with Crippen LogP contribution in [0.1, 0.15) is 6.92 Å². The van der Waals surface area contributed by atoms with Crippen molar-refractivity contribution in [2.45, 2.75) is 6.92 Å². The molecule has 2 heterocycles. The van der Waals surface area contributed by atoms with E-state index in [1.807, 2.05) is 30.3 Å². The van der Waals surface area contributed by atoms with E-state index in [1.54, 1.807) is 24.3 Å². The van der Waals surface area contributed by atoms with Crippen LogP contribution in [0.15, 0.2) is 79.1 Å². The van der Waals surface area contributed by atoms with Crippen LogP contribution in [0.4, 0.5) is 5.69 Å². The Kier molecular flexibility index (Phi) is 5.21. The Morgan fingerprint density at radius 3 is 2.44 bits per heavy atom. The minimum Gasteiger partial charge on any atom is -0.337 e. The van der Waals surface area contributed by atoms with E-state index in [4.69, 9.17) is 4.98 Å². The summed E-state index contributed by atoms with van der Waals surface area (Å²) < 4.78 is 3.37. The van der Waals surface area contributed by atoms with E-state index >= 15 is 0 Å². The predicted octanol–water partition coefficient (Wildman–Crippen LogP) is 5.89. The van der Waals surface area contributed by atoms with Gasteiger partial charge in [-0.3, -0.25) is 4.98 Å². The summed E-state index contributed by atoms with van der Waals surface area (Å²) in [6.45, 7) is 2.13. The summed E-state index contributed by atoms with van der Waals surface area (Å²) in [5.74, 6) is 1.87. The molecule has 0 unspecified atom stereocenters. The molecule has 5 heteroatoms. The molecule has 134 valence electrons. The molecule has 0 bridgehead atoms. The van der Waals surface area contributed by atoms with Crippen molar-refractivity contribution in [3.63, 3.8) is 0 Å². The Hall–Kier alpha value is -3.05. The summed E-state index contributed by atoms with van der Waals surface area (Å²) in [7, 11) is 0. The van der Waals surface area contributed by atoms with Gasteiger partial charge in [0.2, 0.25) is 0 Å². The number of hydrogen-bond donors (Lipinski definition) is 2. The van der Waals surface area contributed by atoms with Crippen molar-refractivity contribution in [3.8, 4) is 33.9 Å². The van der Waals surface area contributed by atoms with Crippen LogP contribution < -0.4 is 4.72 Å². The molecule has 0 atom stereocenters. The van der Waals surface area contributed by atoms with Crippen molar-refractivity contribution >= 4 is 17.6 Å². The van der Waals surface area contributed by atoms with Gasteiger partial charge in [-0.25, -0.2) is 4.98 Å². The summed E-state index contributed by atoms with van der Waals surface area (Å²) in [5.41, 5.74) is 6.21. The van der Waals surface area contributed by atoms with Gasteiger partial charge in [0, 0.05) is 40.5 Å². The molecule has 2 aromatic carbocycles. The van der Waals surface area contributed by atoms with Crippen LogP contribution in [0.3, 0.4) is 0 Å². The molecular weight excluding hydrogens is 352 g/mol. The van der Waals surface area contributed by atoms with Crippen LogP contribution >= 0.6 is 11.9 Å². The third-order valence-corrected chi connectivity index (χ3v) is 4.86. The minimum absolute atomic E-state index is 0.860. The van der Waals surface area contributed by atoms with E-state index in [-0.39, 0.29) is 0 Å². The SMILES string of the molecule is CCSNc1cccc(-c2nc(-c3ccccc3)[nH]c2-c2ccncc2)c1. The van der Waals surface area contributed by atoms with Crippen molar-refractivity contribution in [1.29, 1.82) is 0 Å². The number of nitrogens with one attached hydrogen (secondary N) is 2. The van der Waals surface area contributed by atoms with E-state index in [9.17, 15) is 0 Å². The highest BCUT2D eigenvalue weighted by atomic mass is 32.2. The molecule has 4 nitrogen and oxygen atoms in total. The molecule has 4 aromatic rings. The number of rotatable bonds is 6. The van der Waals surface area contributed by atoms with Crippen LogP contribution in [0.2, 0.25) is 0 Å². The third kappa shape index (κ3) is 3.88. The Balaban J connectivity index is 1.83. The number of aromatic nitrogens is 3. The highest BCUT2D eigenvalue weighted by Crippen LogP contribution is 2.34. The van der Waals surface area contributed by atoms with Crippen molar-refractivity contribution in [1.82, 2.24) is 15.0 Å². The number of pyridine rings is 1. The van der Waals surface area contributed by atoms with Crippen LogP contribution in [-0.2, 0) is 0 Å². The molecule has 0 saturated heterocycles. The zero-order valence-electron chi connectivity index (χ0n) is 15.0. The number of nitrogens with zero attached hydrogens (tertiary/aromatic N) is 2. The maximum atomic E-state index is 4.94. The first-order chi connectivity index (χ1) is 13.3. The van der Waals surface area contributed by atoms with Crippen LogP contribution in [0.5, 0.6) is 0 Å². The average molecular weight is 372 g/mol. The van der Waals surface area contributed by atoms with E-state index in [0.717, 1.165) is 45.3 Å². The lowest BCUT2D eigenvalue weighted by Gasteiger charge is -2.07. The Labute approximate surface area is 163 Å². The first kappa shape index (κ1) is 17.4. The largest absolute Gasteiger partial charge is 0.337 e. The van der Waals surface area contributed by atoms with Crippen molar-refractivity contribution in [3.05, 3.63) is 79.1 Å². The highest BCUT2D eigenvalue weighted by molar-refractivity contribution is 8.00. The van der Waals surface area contributed by atoms with Gasteiger partial charge in [-0.05, 0) is 24.3 Å². The molecule has 27 heavy (non-hydrogen) atoms. The molecule has 0 fully saturated rings. The summed E-state index contributed by atoms with van der Waals surface area (Å²) in [5, 5.41) is 0. The quantitative estimate of drug-likeness (QED) is 0.415. The van der Waals surface area contributed by atoms with Gasteiger partial charge in [-0.1, -0.05) is 61.3 Å². The fraction of sp³-hybridized carbons (Fsp3) is 0.0909. The van der Waals surface area contributed by atoms with Gasteiger partial charge in [-0.2, -0.15) is 0 Å². The predicted molar refractivity (Wildman–Crippen MR) is 114 cm³/mol. The maximum absolute atomic E-state index is 4.94. The van der Waals surface area contributed by atoms with Gasteiger partial charge in [0.05, 0.1) is 11.4 Å². The van der Waals surface area contributed by atoms with Gasteiger partial charge >= 0.3 is 0 Å². The van der Waals surface area contributed by atoms with Gasteiger partial charge < -0.3 is 9.71 Å². The molecule has 0 aliphatic carbocycles. The Bertz CT molecular complexity index is 1010. The molecule has 4 rings (SSSR count). The molecule has 2 aromatic heterocycles. The number of hydrogen-bond acceptors (Lipinski definition) is 4. The minimum atomic E-state index is 0.860. The van der Waals surface area contributed by atoms with Crippen LogP contribution in [0.25, 0.3) is 33.9 Å². The van der Waals surface area contributed by atoms with Crippen LogP contribution in [-0.4, -0.2) is 20.7 Å². The lowest BCUT2D eigenvalue weighted by Crippen LogP contribution is -1.89.